The van der Waals surface area contributed by atoms with Crippen LogP contribution < -0.4 is 5.73 Å². The molecule has 0 unspecified atom stereocenters. The van der Waals surface area contributed by atoms with E-state index in [4.69, 9.17) is 28.9 Å². The largest absolute Gasteiger partial charge is 0.324 e. The Balaban J connectivity index is 0.00000196. The fourth-order valence-electron chi connectivity index (χ4n) is 1.18. The Morgan fingerprint density at radius 2 is 2.07 bits per heavy atom. The zero-order chi connectivity index (χ0) is 10.7. The minimum atomic E-state index is -0.501. The highest BCUT2D eigenvalue weighted by Crippen LogP contribution is 2.32. The lowest BCUT2D eigenvalue weighted by molar-refractivity contribution is 0.584. The monoisotopic (exact) mass is 269 g/mol. The van der Waals surface area contributed by atoms with E-state index in [1.807, 2.05) is 0 Å². The molecular formula is C10H11Cl3FN. The first-order valence-corrected chi connectivity index (χ1v) is 4.83. The second-order valence-electron chi connectivity index (χ2n) is 2.89. The average Bonchev–Trinajstić information content (AvgIpc) is 2.13. The molecule has 0 aliphatic heterocycles. The highest BCUT2D eigenvalue weighted by Gasteiger charge is 2.16. The van der Waals surface area contributed by atoms with E-state index in [0.717, 1.165) is 0 Å². The molecule has 0 saturated carbocycles. The molecule has 0 amide bonds. The van der Waals surface area contributed by atoms with Crippen LogP contribution in [-0.4, -0.2) is 0 Å². The van der Waals surface area contributed by atoms with Crippen LogP contribution in [-0.2, 0) is 0 Å². The second-order valence-corrected chi connectivity index (χ2v) is 3.67. The van der Waals surface area contributed by atoms with Crippen molar-refractivity contribution in [1.29, 1.82) is 0 Å². The van der Waals surface area contributed by atoms with Crippen LogP contribution in [0.1, 0.15) is 18.0 Å². The van der Waals surface area contributed by atoms with Crippen molar-refractivity contribution in [2.45, 2.75) is 12.5 Å². The molecule has 0 radical (unpaired) electrons. The molecule has 0 heterocycles. The molecular weight excluding hydrogens is 259 g/mol. The molecule has 84 valence electrons. The van der Waals surface area contributed by atoms with Gasteiger partial charge in [0.05, 0.1) is 10.0 Å². The van der Waals surface area contributed by atoms with Gasteiger partial charge >= 0.3 is 0 Å². The minimum absolute atomic E-state index is 0. The summed E-state index contributed by atoms with van der Waals surface area (Å²) < 4.78 is 13.3. The van der Waals surface area contributed by atoms with Crippen LogP contribution in [0.15, 0.2) is 24.8 Å². The lowest BCUT2D eigenvalue weighted by Gasteiger charge is -2.13. The SMILES string of the molecule is C=CC[C@H](N)c1c(F)ccc(Cl)c1Cl.Cl. The molecule has 0 bridgehead atoms. The second kappa shape index (κ2) is 6.33. The molecule has 0 aliphatic rings. The number of rotatable bonds is 3. The molecule has 2 N–H and O–H groups in total. The van der Waals surface area contributed by atoms with Gasteiger partial charge in [-0.3, -0.25) is 0 Å². The molecule has 15 heavy (non-hydrogen) atoms. The van der Waals surface area contributed by atoms with Crippen LogP contribution in [0.3, 0.4) is 0 Å². The van der Waals surface area contributed by atoms with Gasteiger partial charge in [-0.15, -0.1) is 19.0 Å². The molecule has 1 aromatic carbocycles. The van der Waals surface area contributed by atoms with Crippen LogP contribution in [0.5, 0.6) is 0 Å². The van der Waals surface area contributed by atoms with Crippen LogP contribution in [0.25, 0.3) is 0 Å². The maximum absolute atomic E-state index is 13.3. The summed E-state index contributed by atoms with van der Waals surface area (Å²) in [5, 5.41) is 0.489. The molecule has 1 nitrogen and oxygen atoms in total. The van der Waals surface area contributed by atoms with Gasteiger partial charge in [-0.1, -0.05) is 29.3 Å². The van der Waals surface area contributed by atoms with Gasteiger partial charge < -0.3 is 5.73 Å². The quantitative estimate of drug-likeness (QED) is 0.648. The van der Waals surface area contributed by atoms with Crippen LogP contribution >= 0.6 is 35.6 Å². The molecule has 1 atom stereocenters. The van der Waals surface area contributed by atoms with Crippen LogP contribution in [0.4, 0.5) is 4.39 Å². The van der Waals surface area contributed by atoms with Crippen molar-refractivity contribution in [3.63, 3.8) is 0 Å². The fourth-order valence-corrected chi connectivity index (χ4v) is 1.64. The molecule has 0 fully saturated rings. The van der Waals surface area contributed by atoms with E-state index < -0.39 is 11.9 Å². The summed E-state index contributed by atoms with van der Waals surface area (Å²) in [4.78, 5) is 0. The van der Waals surface area contributed by atoms with E-state index in [1.165, 1.54) is 12.1 Å². The molecule has 0 aliphatic carbocycles. The first-order valence-electron chi connectivity index (χ1n) is 4.07. The van der Waals surface area contributed by atoms with E-state index in [0.29, 0.717) is 11.4 Å². The highest BCUT2D eigenvalue weighted by atomic mass is 35.5. The first-order chi connectivity index (χ1) is 6.57. The summed E-state index contributed by atoms with van der Waals surface area (Å²) in [7, 11) is 0. The predicted octanol–water partition coefficient (Wildman–Crippen LogP) is 4.13. The maximum Gasteiger partial charge on any atom is 0.129 e. The normalized spacial score (nSPS) is 11.7. The zero-order valence-electron chi connectivity index (χ0n) is 7.84. The van der Waals surface area contributed by atoms with Crippen molar-refractivity contribution in [2.24, 2.45) is 5.73 Å². The lowest BCUT2D eigenvalue weighted by Crippen LogP contribution is -2.12. The molecule has 0 aromatic heterocycles. The van der Waals surface area contributed by atoms with Crippen molar-refractivity contribution in [1.82, 2.24) is 0 Å². The van der Waals surface area contributed by atoms with Gasteiger partial charge in [-0.05, 0) is 18.6 Å². The molecule has 5 heteroatoms. The smallest absolute Gasteiger partial charge is 0.129 e. The molecule has 1 rings (SSSR count). The number of halogens is 4. The van der Waals surface area contributed by atoms with Gasteiger partial charge in [0, 0.05) is 11.6 Å². The third-order valence-corrected chi connectivity index (χ3v) is 2.69. The number of benzene rings is 1. The van der Waals surface area contributed by atoms with E-state index in [2.05, 4.69) is 6.58 Å². The van der Waals surface area contributed by atoms with E-state index in [1.54, 1.807) is 6.08 Å². The summed E-state index contributed by atoms with van der Waals surface area (Å²) in [5.41, 5.74) is 5.97. The van der Waals surface area contributed by atoms with Gasteiger partial charge in [0.25, 0.3) is 0 Å². The predicted molar refractivity (Wildman–Crippen MR) is 65.4 cm³/mol. The summed E-state index contributed by atoms with van der Waals surface area (Å²) >= 11 is 11.6. The van der Waals surface area contributed by atoms with Crippen molar-refractivity contribution < 1.29 is 4.39 Å². The Kier molecular flexibility index (Phi) is 6.22. The van der Waals surface area contributed by atoms with Gasteiger partial charge in [-0.2, -0.15) is 0 Å². The van der Waals surface area contributed by atoms with Gasteiger partial charge in [-0.25, -0.2) is 4.39 Å². The molecule has 1 aromatic rings. The van der Waals surface area contributed by atoms with Crippen molar-refractivity contribution >= 4 is 35.6 Å². The standard InChI is InChI=1S/C10H10Cl2FN.ClH/c1-2-3-8(14)9-7(13)5-4-6(11)10(9)12;/h2,4-5,8H,1,3,14H2;1H/t8-;/m0./s1. The maximum atomic E-state index is 13.3. The van der Waals surface area contributed by atoms with Crippen molar-refractivity contribution in [3.05, 3.63) is 46.2 Å². The summed E-state index contributed by atoms with van der Waals surface area (Å²) in [6, 6.07) is 2.16. The Morgan fingerprint density at radius 3 is 2.60 bits per heavy atom. The number of hydrogen-bond donors (Lipinski definition) is 1. The summed E-state index contributed by atoms with van der Waals surface area (Å²) in [6.45, 7) is 3.53. The summed E-state index contributed by atoms with van der Waals surface area (Å²) in [6.07, 6.45) is 2.07. The lowest BCUT2D eigenvalue weighted by atomic mass is 10.0. The van der Waals surface area contributed by atoms with E-state index in [-0.39, 0.29) is 23.0 Å². The third-order valence-electron chi connectivity index (χ3n) is 1.87. The van der Waals surface area contributed by atoms with Crippen molar-refractivity contribution in [2.75, 3.05) is 0 Å². The minimum Gasteiger partial charge on any atom is -0.324 e. The van der Waals surface area contributed by atoms with Gasteiger partial charge in [0.15, 0.2) is 0 Å². The first kappa shape index (κ1) is 14.7. The molecule has 0 saturated heterocycles. The fraction of sp³-hybridized carbons (Fsp3) is 0.200. The highest BCUT2D eigenvalue weighted by molar-refractivity contribution is 6.42. The number of hydrogen-bond acceptors (Lipinski definition) is 1. The Labute approximate surface area is 104 Å². The van der Waals surface area contributed by atoms with E-state index in [9.17, 15) is 4.39 Å². The Bertz CT molecular complexity index is 355. The molecule has 0 spiro atoms. The average molecular weight is 271 g/mol. The van der Waals surface area contributed by atoms with E-state index >= 15 is 0 Å². The van der Waals surface area contributed by atoms with Crippen LogP contribution in [0, 0.1) is 5.82 Å². The zero-order valence-corrected chi connectivity index (χ0v) is 10.2. The Morgan fingerprint density at radius 1 is 1.47 bits per heavy atom. The summed E-state index contributed by atoms with van der Waals surface area (Å²) in [5.74, 6) is -0.436. The van der Waals surface area contributed by atoms with Gasteiger partial charge in [0.1, 0.15) is 5.82 Å². The van der Waals surface area contributed by atoms with Crippen LogP contribution in [0.2, 0.25) is 10.0 Å². The Hall–Kier alpha value is -0.280. The third kappa shape index (κ3) is 3.35. The van der Waals surface area contributed by atoms with Crippen molar-refractivity contribution in [3.8, 4) is 0 Å². The van der Waals surface area contributed by atoms with Gasteiger partial charge in [0.2, 0.25) is 0 Å². The number of nitrogens with two attached hydrogens (primary N) is 1. The topological polar surface area (TPSA) is 26.0 Å².